The quantitative estimate of drug-likeness (QED) is 0.308. The largest absolute Gasteiger partial charge is 0.481 e. The number of thiazole rings is 1. The molecule has 0 aliphatic heterocycles. The van der Waals surface area contributed by atoms with Crippen LogP contribution in [0.15, 0.2) is 49.2 Å². The van der Waals surface area contributed by atoms with Gasteiger partial charge in [0, 0.05) is 31.5 Å². The van der Waals surface area contributed by atoms with E-state index >= 15 is 0 Å². The number of carbonyl (C=O) groups is 3. The summed E-state index contributed by atoms with van der Waals surface area (Å²) in [4.78, 5) is 47.3. The van der Waals surface area contributed by atoms with E-state index < -0.39 is 18.0 Å². The van der Waals surface area contributed by atoms with Crippen LogP contribution in [0.25, 0.3) is 0 Å². The summed E-state index contributed by atoms with van der Waals surface area (Å²) >= 11 is 1.07. The smallest absolute Gasteiger partial charge is 0.324 e. The summed E-state index contributed by atoms with van der Waals surface area (Å²) in [5.41, 5.74) is 1.23. The first-order valence-electron chi connectivity index (χ1n) is 11.8. The third-order valence-electron chi connectivity index (χ3n) is 5.56. The molecule has 0 aliphatic rings. The van der Waals surface area contributed by atoms with E-state index in [0.717, 1.165) is 29.9 Å². The van der Waals surface area contributed by atoms with E-state index in [1.807, 2.05) is 24.6 Å². The number of imidazole rings is 1. The first-order chi connectivity index (χ1) is 17.8. The maximum absolute atomic E-state index is 13.3. The van der Waals surface area contributed by atoms with Gasteiger partial charge in [-0.3, -0.25) is 14.5 Å². The van der Waals surface area contributed by atoms with Crippen molar-refractivity contribution >= 4 is 34.4 Å². The van der Waals surface area contributed by atoms with E-state index in [9.17, 15) is 19.5 Å². The van der Waals surface area contributed by atoms with Gasteiger partial charge < -0.3 is 20.3 Å². The minimum Gasteiger partial charge on any atom is -0.481 e. The van der Waals surface area contributed by atoms with Crippen molar-refractivity contribution in [3.63, 3.8) is 0 Å². The second kappa shape index (κ2) is 13.2. The van der Waals surface area contributed by atoms with Crippen LogP contribution < -0.4 is 15.5 Å². The number of carboxylic acid groups (broad SMARTS) is 1. The van der Waals surface area contributed by atoms with E-state index in [0.29, 0.717) is 22.1 Å². The van der Waals surface area contributed by atoms with Gasteiger partial charge in [-0.25, -0.2) is 14.8 Å². The molecule has 12 heteroatoms. The number of hydrogen-bond donors (Lipinski definition) is 3. The van der Waals surface area contributed by atoms with Crippen molar-refractivity contribution in [2.24, 2.45) is 5.92 Å². The summed E-state index contributed by atoms with van der Waals surface area (Å²) in [7, 11) is 0. The lowest BCUT2D eigenvalue weighted by molar-refractivity contribution is -0.137. The van der Waals surface area contributed by atoms with Gasteiger partial charge in [0.05, 0.1) is 37.1 Å². The summed E-state index contributed by atoms with van der Waals surface area (Å²) in [6, 6.07) is 7.71. The first-order valence-corrected chi connectivity index (χ1v) is 12.6. The Morgan fingerprint density at radius 2 is 2.00 bits per heavy atom. The Labute approximate surface area is 218 Å². The van der Waals surface area contributed by atoms with Crippen LogP contribution in [0.2, 0.25) is 0 Å². The molecule has 1 aromatic carbocycles. The van der Waals surface area contributed by atoms with Crippen molar-refractivity contribution in [2.75, 3.05) is 11.4 Å². The Kier molecular flexibility index (Phi) is 9.74. The molecule has 11 nitrogen and oxygen atoms in total. The molecule has 3 N–H and O–H groups in total. The minimum atomic E-state index is -1.01. The van der Waals surface area contributed by atoms with Crippen LogP contribution in [0.4, 0.5) is 9.93 Å². The molecule has 0 fully saturated rings. The summed E-state index contributed by atoms with van der Waals surface area (Å²) in [5, 5.41) is 24.2. The van der Waals surface area contributed by atoms with Gasteiger partial charge in [-0.1, -0.05) is 37.3 Å². The van der Waals surface area contributed by atoms with Crippen molar-refractivity contribution in [3.8, 4) is 6.07 Å². The molecule has 194 valence electrons. The number of aliphatic carboxylic acids is 1. The number of nitriles is 1. The summed E-state index contributed by atoms with van der Waals surface area (Å²) in [6.45, 7) is 4.97. The van der Waals surface area contributed by atoms with Gasteiger partial charge in [0.2, 0.25) is 0 Å². The van der Waals surface area contributed by atoms with Gasteiger partial charge in [-0.2, -0.15) is 5.26 Å². The summed E-state index contributed by atoms with van der Waals surface area (Å²) in [5.74, 6) is -1.42. The second-order valence-corrected chi connectivity index (χ2v) is 9.72. The number of nitrogens with one attached hydrogen (secondary N) is 2. The topological polar surface area (TPSA) is 153 Å². The molecule has 2 aromatic heterocycles. The van der Waals surface area contributed by atoms with Crippen LogP contribution in [0.5, 0.6) is 0 Å². The second-order valence-electron chi connectivity index (χ2n) is 8.71. The molecule has 0 spiro atoms. The van der Waals surface area contributed by atoms with Gasteiger partial charge in [0.15, 0.2) is 5.13 Å². The Balaban J connectivity index is 1.73. The number of rotatable bonds is 12. The predicted molar refractivity (Wildman–Crippen MR) is 138 cm³/mol. The number of carbonyl (C=O) groups excluding carboxylic acids is 2. The van der Waals surface area contributed by atoms with Crippen molar-refractivity contribution in [1.29, 1.82) is 5.26 Å². The van der Waals surface area contributed by atoms with Crippen molar-refractivity contribution < 1.29 is 19.5 Å². The minimum absolute atomic E-state index is 0.114. The molecule has 3 rings (SSSR count). The molecule has 0 aliphatic carbocycles. The molecule has 0 saturated carbocycles. The highest BCUT2D eigenvalue weighted by molar-refractivity contribution is 7.17. The van der Waals surface area contributed by atoms with Gasteiger partial charge >= 0.3 is 12.0 Å². The fraction of sp³-hybridized carbons (Fsp3) is 0.360. The Bertz CT molecular complexity index is 1230. The predicted octanol–water partition coefficient (Wildman–Crippen LogP) is 3.25. The molecule has 0 saturated heterocycles. The highest BCUT2D eigenvalue weighted by Crippen LogP contribution is 2.25. The van der Waals surface area contributed by atoms with Crippen LogP contribution in [-0.4, -0.2) is 50.1 Å². The maximum atomic E-state index is 13.3. The van der Waals surface area contributed by atoms with Crippen molar-refractivity contribution in [3.05, 3.63) is 65.2 Å². The number of amides is 3. The normalized spacial score (nSPS) is 11.5. The zero-order valence-corrected chi connectivity index (χ0v) is 21.4. The third-order valence-corrected chi connectivity index (χ3v) is 6.58. The van der Waals surface area contributed by atoms with Crippen LogP contribution in [0.1, 0.15) is 47.5 Å². The zero-order valence-electron chi connectivity index (χ0n) is 20.6. The van der Waals surface area contributed by atoms with Gasteiger partial charge in [-0.05, 0) is 30.0 Å². The molecular formula is C25H29N7O4S. The van der Waals surface area contributed by atoms with Crippen LogP contribution in [0.3, 0.4) is 0 Å². The summed E-state index contributed by atoms with van der Waals surface area (Å²) < 4.78 is 1.92. The molecule has 3 aromatic rings. The number of aryl methyl sites for hydroxylation is 1. The highest BCUT2D eigenvalue weighted by Gasteiger charge is 2.26. The lowest BCUT2D eigenvalue weighted by Gasteiger charge is -2.26. The fourth-order valence-corrected chi connectivity index (χ4v) is 4.27. The number of carboxylic acids is 1. The Hall–Kier alpha value is -4.24. The monoisotopic (exact) mass is 523 g/mol. The van der Waals surface area contributed by atoms with E-state index in [1.54, 1.807) is 36.8 Å². The Morgan fingerprint density at radius 3 is 2.62 bits per heavy atom. The molecular weight excluding hydrogens is 494 g/mol. The van der Waals surface area contributed by atoms with E-state index in [-0.39, 0.29) is 24.8 Å². The maximum Gasteiger partial charge on any atom is 0.324 e. The van der Waals surface area contributed by atoms with Gasteiger partial charge in [0.1, 0.15) is 4.88 Å². The Morgan fingerprint density at radius 1 is 1.24 bits per heavy atom. The number of urea groups is 1. The van der Waals surface area contributed by atoms with Gasteiger partial charge in [-0.15, -0.1) is 0 Å². The van der Waals surface area contributed by atoms with E-state index in [1.165, 1.54) is 11.1 Å². The van der Waals surface area contributed by atoms with Crippen LogP contribution in [-0.2, 0) is 17.9 Å². The number of hydrogen-bond acceptors (Lipinski definition) is 7. The molecule has 0 bridgehead atoms. The molecule has 1 unspecified atom stereocenters. The number of nitrogens with zero attached hydrogens (tertiary/aromatic N) is 5. The molecule has 3 amide bonds. The van der Waals surface area contributed by atoms with E-state index in [4.69, 9.17) is 5.26 Å². The molecule has 0 radical (unpaired) electrons. The number of anilines is 1. The third kappa shape index (κ3) is 8.15. The van der Waals surface area contributed by atoms with Gasteiger partial charge in [0.25, 0.3) is 5.91 Å². The van der Waals surface area contributed by atoms with Crippen molar-refractivity contribution in [2.45, 2.75) is 45.8 Å². The SMILES string of the molecule is CC(C)C(CC(=O)O)NC(=O)N(Cc1ccc(C#N)cc1)c1ncc(C(=O)NCCCn2ccnc2)s1. The first kappa shape index (κ1) is 27.3. The average Bonchev–Trinajstić information content (AvgIpc) is 3.57. The molecule has 2 heterocycles. The number of benzene rings is 1. The zero-order chi connectivity index (χ0) is 26.8. The lowest BCUT2D eigenvalue weighted by atomic mass is 10.0. The van der Waals surface area contributed by atoms with E-state index in [2.05, 4.69) is 26.7 Å². The standard InChI is InChI=1S/C25H29N7O4S/c1-17(2)20(12-22(33)34)30-24(36)32(15-19-6-4-18(13-26)5-7-19)25-29-14-21(37-25)23(35)28-8-3-10-31-11-9-27-16-31/h4-7,9,11,14,16-17,20H,3,8,10,12,15H2,1-2H3,(H,28,35)(H,30,36)(H,33,34). The average molecular weight is 524 g/mol. The lowest BCUT2D eigenvalue weighted by Crippen LogP contribution is -2.47. The molecule has 1 atom stereocenters. The molecule has 37 heavy (non-hydrogen) atoms. The van der Waals surface area contributed by atoms with Crippen molar-refractivity contribution in [1.82, 2.24) is 25.2 Å². The summed E-state index contributed by atoms with van der Waals surface area (Å²) in [6.07, 6.45) is 7.18. The highest BCUT2D eigenvalue weighted by atomic mass is 32.1. The fourth-order valence-electron chi connectivity index (χ4n) is 3.44. The van der Waals surface area contributed by atoms with Crippen LogP contribution in [0, 0.1) is 17.2 Å². The van der Waals surface area contributed by atoms with Crippen LogP contribution >= 0.6 is 11.3 Å². The number of aromatic nitrogens is 3.